The van der Waals surface area contributed by atoms with Gasteiger partial charge < -0.3 is 20.1 Å². The predicted molar refractivity (Wildman–Crippen MR) is 76.3 cm³/mol. The first-order valence-electron chi connectivity index (χ1n) is 6.65. The van der Waals surface area contributed by atoms with Gasteiger partial charge in [-0.05, 0) is 32.9 Å². The van der Waals surface area contributed by atoms with Crippen LogP contribution in [0.5, 0.6) is 0 Å². The summed E-state index contributed by atoms with van der Waals surface area (Å²) in [6.45, 7) is 5.89. The number of urea groups is 1. The lowest BCUT2D eigenvalue weighted by Crippen LogP contribution is -2.64. The maximum absolute atomic E-state index is 12.1. The number of likely N-dealkylation sites (tertiary alicyclic amines) is 1. The van der Waals surface area contributed by atoms with E-state index in [0.717, 1.165) is 11.4 Å². The second kappa shape index (κ2) is 5.69. The Morgan fingerprint density at radius 3 is 2.67 bits per heavy atom. The zero-order valence-corrected chi connectivity index (χ0v) is 12.3. The molecule has 0 atom stereocenters. The Hall–Kier alpha value is -2.15. The molecule has 1 aromatic rings. The summed E-state index contributed by atoms with van der Waals surface area (Å²) in [4.78, 5) is 28.4. The minimum absolute atomic E-state index is 0.236. The van der Waals surface area contributed by atoms with Crippen molar-refractivity contribution in [2.45, 2.75) is 26.4 Å². The van der Waals surface area contributed by atoms with Crippen molar-refractivity contribution in [2.24, 2.45) is 0 Å². The van der Waals surface area contributed by atoms with Gasteiger partial charge in [0.15, 0.2) is 0 Å². The van der Waals surface area contributed by atoms with Crippen LogP contribution in [-0.2, 0) is 9.53 Å². The fourth-order valence-corrected chi connectivity index (χ4v) is 2.24. The molecule has 0 aliphatic carbocycles. The summed E-state index contributed by atoms with van der Waals surface area (Å²) >= 11 is 0. The fraction of sp³-hybridized carbons (Fsp3) is 0.500. The smallest absolute Gasteiger partial charge is 0.329 e. The number of anilines is 1. The highest BCUT2D eigenvalue weighted by atomic mass is 16.5. The SMILES string of the molecule is Cc1ccc(NC(=O)N2CC(C)(OCC(=O)O)C2)c(C)n1. The van der Waals surface area contributed by atoms with Crippen LogP contribution in [0.3, 0.4) is 0 Å². The van der Waals surface area contributed by atoms with E-state index in [1.165, 1.54) is 0 Å². The minimum atomic E-state index is -1.01. The molecule has 1 saturated heterocycles. The largest absolute Gasteiger partial charge is 0.480 e. The first-order chi connectivity index (χ1) is 9.79. The van der Waals surface area contributed by atoms with Gasteiger partial charge in [0.25, 0.3) is 0 Å². The number of carboxylic acids is 1. The Balaban J connectivity index is 1.87. The number of aliphatic carboxylic acids is 1. The third-order valence-corrected chi connectivity index (χ3v) is 3.35. The van der Waals surface area contributed by atoms with Gasteiger partial charge in [-0.1, -0.05) is 0 Å². The van der Waals surface area contributed by atoms with Gasteiger partial charge in [-0.3, -0.25) is 4.98 Å². The molecule has 0 spiro atoms. The molecule has 1 fully saturated rings. The van der Waals surface area contributed by atoms with Gasteiger partial charge in [0.2, 0.25) is 0 Å². The van der Waals surface area contributed by atoms with Crippen molar-refractivity contribution >= 4 is 17.7 Å². The molecular formula is C14H19N3O4. The summed E-state index contributed by atoms with van der Waals surface area (Å²) in [5, 5.41) is 11.4. The fourth-order valence-electron chi connectivity index (χ4n) is 2.24. The Labute approximate surface area is 122 Å². The van der Waals surface area contributed by atoms with E-state index in [1.54, 1.807) is 11.8 Å². The van der Waals surface area contributed by atoms with Gasteiger partial charge in [-0.15, -0.1) is 0 Å². The molecule has 7 nitrogen and oxygen atoms in total. The average molecular weight is 293 g/mol. The van der Waals surface area contributed by atoms with E-state index in [2.05, 4.69) is 10.3 Å². The van der Waals surface area contributed by atoms with Crippen molar-refractivity contribution in [3.05, 3.63) is 23.5 Å². The van der Waals surface area contributed by atoms with Crippen molar-refractivity contribution < 1.29 is 19.4 Å². The van der Waals surface area contributed by atoms with Crippen LogP contribution in [-0.4, -0.2) is 52.3 Å². The first kappa shape index (κ1) is 15.2. The number of carbonyl (C=O) groups excluding carboxylic acids is 1. The van der Waals surface area contributed by atoms with Crippen molar-refractivity contribution in [1.82, 2.24) is 9.88 Å². The Morgan fingerprint density at radius 1 is 1.43 bits per heavy atom. The van der Waals surface area contributed by atoms with Crippen LogP contribution < -0.4 is 5.32 Å². The third kappa shape index (κ3) is 3.69. The molecule has 2 N–H and O–H groups in total. The molecule has 0 radical (unpaired) electrons. The number of hydrogen-bond donors (Lipinski definition) is 2. The van der Waals surface area contributed by atoms with Crippen molar-refractivity contribution in [3.63, 3.8) is 0 Å². The lowest BCUT2D eigenvalue weighted by atomic mass is 9.97. The highest BCUT2D eigenvalue weighted by Crippen LogP contribution is 2.25. The van der Waals surface area contributed by atoms with E-state index in [-0.39, 0.29) is 12.6 Å². The van der Waals surface area contributed by atoms with Gasteiger partial charge in [-0.2, -0.15) is 0 Å². The van der Waals surface area contributed by atoms with Crippen LogP contribution in [0.25, 0.3) is 0 Å². The summed E-state index contributed by atoms with van der Waals surface area (Å²) in [6.07, 6.45) is 0. The molecule has 0 saturated carbocycles. The molecule has 21 heavy (non-hydrogen) atoms. The second-order valence-corrected chi connectivity index (χ2v) is 5.50. The number of ether oxygens (including phenoxy) is 1. The summed E-state index contributed by atoms with van der Waals surface area (Å²) in [5.74, 6) is -1.01. The van der Waals surface area contributed by atoms with E-state index in [0.29, 0.717) is 18.8 Å². The molecule has 0 aromatic carbocycles. The van der Waals surface area contributed by atoms with E-state index < -0.39 is 11.6 Å². The number of carbonyl (C=O) groups is 2. The lowest BCUT2D eigenvalue weighted by Gasteiger charge is -2.46. The summed E-state index contributed by atoms with van der Waals surface area (Å²) in [7, 11) is 0. The monoisotopic (exact) mass is 293 g/mol. The molecular weight excluding hydrogens is 274 g/mol. The molecule has 0 bridgehead atoms. The number of pyridine rings is 1. The molecule has 2 heterocycles. The van der Waals surface area contributed by atoms with E-state index in [4.69, 9.17) is 9.84 Å². The third-order valence-electron chi connectivity index (χ3n) is 3.35. The van der Waals surface area contributed by atoms with Crippen molar-refractivity contribution in [2.75, 3.05) is 25.0 Å². The van der Waals surface area contributed by atoms with Gasteiger partial charge >= 0.3 is 12.0 Å². The van der Waals surface area contributed by atoms with Crippen LogP contribution in [0, 0.1) is 13.8 Å². The average Bonchev–Trinajstić information content (AvgIpc) is 2.36. The number of carboxylic acid groups (broad SMARTS) is 1. The first-order valence-corrected chi connectivity index (χ1v) is 6.65. The van der Waals surface area contributed by atoms with E-state index >= 15 is 0 Å². The normalized spacial score (nSPS) is 16.2. The standard InChI is InChI=1S/C14H19N3O4/c1-9-4-5-11(10(2)15-9)16-13(20)17-7-14(3,8-17)21-6-12(18)19/h4-5H,6-8H2,1-3H3,(H,16,20)(H,18,19). The lowest BCUT2D eigenvalue weighted by molar-refractivity contribution is -0.159. The topological polar surface area (TPSA) is 91.8 Å². The Bertz CT molecular complexity index is 567. The molecule has 1 aromatic heterocycles. The summed E-state index contributed by atoms with van der Waals surface area (Å²) in [5.41, 5.74) is 1.74. The molecule has 0 unspecified atom stereocenters. The summed E-state index contributed by atoms with van der Waals surface area (Å²) < 4.78 is 5.26. The number of hydrogen-bond acceptors (Lipinski definition) is 4. The van der Waals surface area contributed by atoms with Gasteiger partial charge in [0.1, 0.15) is 12.2 Å². The molecule has 1 aliphatic heterocycles. The highest BCUT2D eigenvalue weighted by Gasteiger charge is 2.42. The number of aromatic nitrogens is 1. The second-order valence-electron chi connectivity index (χ2n) is 5.50. The molecule has 1 aliphatic rings. The number of nitrogens with zero attached hydrogens (tertiary/aromatic N) is 2. The molecule has 7 heteroatoms. The van der Waals surface area contributed by atoms with Crippen LogP contribution >= 0.6 is 0 Å². The van der Waals surface area contributed by atoms with Gasteiger partial charge in [-0.25, -0.2) is 9.59 Å². The maximum Gasteiger partial charge on any atom is 0.329 e. The zero-order chi connectivity index (χ0) is 15.6. The van der Waals surface area contributed by atoms with E-state index in [1.807, 2.05) is 26.0 Å². The quantitative estimate of drug-likeness (QED) is 0.875. The molecule has 2 amide bonds. The van der Waals surface area contributed by atoms with Crippen LogP contribution in [0.4, 0.5) is 10.5 Å². The van der Waals surface area contributed by atoms with Crippen molar-refractivity contribution in [1.29, 1.82) is 0 Å². The number of amides is 2. The highest BCUT2D eigenvalue weighted by molar-refractivity contribution is 5.90. The van der Waals surface area contributed by atoms with Crippen molar-refractivity contribution in [3.8, 4) is 0 Å². The van der Waals surface area contributed by atoms with Crippen LogP contribution in [0.1, 0.15) is 18.3 Å². The summed E-state index contributed by atoms with van der Waals surface area (Å²) in [6, 6.07) is 3.41. The van der Waals surface area contributed by atoms with E-state index in [9.17, 15) is 9.59 Å². The van der Waals surface area contributed by atoms with Gasteiger partial charge in [0.05, 0.1) is 24.5 Å². The van der Waals surface area contributed by atoms with Crippen LogP contribution in [0.15, 0.2) is 12.1 Å². The molecule has 2 rings (SSSR count). The number of rotatable bonds is 4. The van der Waals surface area contributed by atoms with Crippen LogP contribution in [0.2, 0.25) is 0 Å². The Kier molecular flexibility index (Phi) is 4.13. The molecule has 114 valence electrons. The zero-order valence-electron chi connectivity index (χ0n) is 12.3. The Morgan fingerprint density at radius 2 is 2.10 bits per heavy atom. The maximum atomic E-state index is 12.1. The predicted octanol–water partition coefficient (Wildman–Crippen LogP) is 1.41. The minimum Gasteiger partial charge on any atom is -0.480 e. The van der Waals surface area contributed by atoms with Gasteiger partial charge in [0, 0.05) is 5.69 Å². The number of aryl methyl sites for hydroxylation is 2. The number of nitrogens with one attached hydrogen (secondary N) is 1.